The summed E-state index contributed by atoms with van der Waals surface area (Å²) < 4.78 is 30.3. The fourth-order valence-corrected chi connectivity index (χ4v) is 2.64. The Labute approximate surface area is 138 Å². The highest BCUT2D eigenvalue weighted by Crippen LogP contribution is 2.18. The van der Waals surface area contributed by atoms with E-state index in [2.05, 4.69) is 20.9 Å². The average molecular weight is 392 g/mol. The van der Waals surface area contributed by atoms with Crippen LogP contribution in [0.5, 0.6) is 5.88 Å². The van der Waals surface area contributed by atoms with Gasteiger partial charge in [-0.05, 0) is 22.0 Å². The number of carbonyl (C=O) groups is 1. The van der Waals surface area contributed by atoms with Crippen LogP contribution in [0.2, 0.25) is 0 Å². The van der Waals surface area contributed by atoms with Gasteiger partial charge in [0.1, 0.15) is 6.10 Å². The molecule has 2 rings (SSSR count). The summed E-state index contributed by atoms with van der Waals surface area (Å²) in [7, 11) is -1.96. The fourth-order valence-electron chi connectivity index (χ4n) is 2.06. The third-order valence-corrected chi connectivity index (χ3v) is 5.14. The van der Waals surface area contributed by atoms with Crippen LogP contribution in [-0.2, 0) is 14.8 Å². The van der Waals surface area contributed by atoms with E-state index in [0.717, 1.165) is 15.0 Å². The first-order valence-corrected chi connectivity index (χ1v) is 9.37. The molecule has 9 heteroatoms. The quantitative estimate of drug-likeness (QED) is 0.738. The number of likely N-dealkylation sites (N-methyl/N-ethyl adjacent to an activating group) is 1. The zero-order chi connectivity index (χ0) is 16.3. The van der Waals surface area contributed by atoms with E-state index >= 15 is 0 Å². The largest absolute Gasteiger partial charge is 0.472 e. The molecule has 1 fully saturated rings. The molecule has 22 heavy (non-hydrogen) atoms. The van der Waals surface area contributed by atoms with Crippen molar-refractivity contribution in [1.29, 1.82) is 0 Å². The van der Waals surface area contributed by atoms with Gasteiger partial charge in [0.15, 0.2) is 0 Å². The second-order valence-electron chi connectivity index (χ2n) is 5.20. The molecule has 0 saturated carbocycles. The van der Waals surface area contributed by atoms with E-state index in [1.807, 2.05) is 6.07 Å². The van der Waals surface area contributed by atoms with Crippen molar-refractivity contribution in [2.24, 2.45) is 0 Å². The van der Waals surface area contributed by atoms with Crippen molar-refractivity contribution < 1.29 is 17.9 Å². The van der Waals surface area contributed by atoms with Gasteiger partial charge in [-0.3, -0.25) is 4.79 Å². The average Bonchev–Trinajstić information content (AvgIpc) is 2.89. The first kappa shape index (κ1) is 17.2. The number of sulfonamides is 1. The van der Waals surface area contributed by atoms with Gasteiger partial charge in [0.05, 0.1) is 19.3 Å². The highest BCUT2D eigenvalue weighted by atomic mass is 79.9. The first-order chi connectivity index (χ1) is 10.3. The van der Waals surface area contributed by atoms with Gasteiger partial charge in [0.25, 0.3) is 0 Å². The highest BCUT2D eigenvalue weighted by molar-refractivity contribution is 9.10. The summed E-state index contributed by atoms with van der Waals surface area (Å²) in [6, 6.07) is 3.59. The number of hydrogen-bond acceptors (Lipinski definition) is 5. The summed E-state index contributed by atoms with van der Waals surface area (Å²) in [5, 5.41) is 0. The van der Waals surface area contributed by atoms with Gasteiger partial charge in [-0.1, -0.05) is 0 Å². The molecule has 1 aliphatic heterocycles. The summed E-state index contributed by atoms with van der Waals surface area (Å²) >= 11 is 3.30. The second kappa shape index (κ2) is 6.93. The van der Waals surface area contributed by atoms with Gasteiger partial charge in [-0.25, -0.2) is 13.4 Å². The summed E-state index contributed by atoms with van der Waals surface area (Å²) in [6.07, 6.45) is 3.30. The second-order valence-corrected chi connectivity index (χ2v) is 8.21. The van der Waals surface area contributed by atoms with Gasteiger partial charge >= 0.3 is 0 Å². The number of carbonyl (C=O) groups excluding carboxylic acids is 1. The SMILES string of the molecule is CN(CC(=O)N1CCC(Oc2ccc(Br)cn2)C1)S(C)(=O)=O. The van der Waals surface area contributed by atoms with Crippen molar-refractivity contribution in [3.63, 3.8) is 0 Å². The van der Waals surface area contributed by atoms with Crippen molar-refractivity contribution in [3.05, 3.63) is 22.8 Å². The van der Waals surface area contributed by atoms with Gasteiger partial charge in [0, 0.05) is 36.7 Å². The number of pyridine rings is 1. The number of ether oxygens (including phenoxy) is 1. The van der Waals surface area contributed by atoms with Crippen LogP contribution < -0.4 is 4.74 Å². The minimum absolute atomic E-state index is 0.124. The van der Waals surface area contributed by atoms with Crippen LogP contribution in [0.15, 0.2) is 22.8 Å². The molecule has 0 aromatic carbocycles. The molecule has 0 bridgehead atoms. The number of nitrogens with zero attached hydrogens (tertiary/aromatic N) is 3. The van der Waals surface area contributed by atoms with Crippen LogP contribution in [0, 0.1) is 0 Å². The number of halogens is 1. The lowest BCUT2D eigenvalue weighted by Gasteiger charge is -2.20. The molecule has 1 saturated heterocycles. The molecule has 1 unspecified atom stereocenters. The number of hydrogen-bond donors (Lipinski definition) is 0. The minimum Gasteiger partial charge on any atom is -0.472 e. The molecular formula is C13H18BrN3O4S. The van der Waals surface area contributed by atoms with E-state index in [-0.39, 0.29) is 18.6 Å². The van der Waals surface area contributed by atoms with Crippen LogP contribution >= 0.6 is 15.9 Å². The van der Waals surface area contributed by atoms with Crippen molar-refractivity contribution in [2.45, 2.75) is 12.5 Å². The Morgan fingerprint density at radius 1 is 1.55 bits per heavy atom. The topological polar surface area (TPSA) is 79.8 Å². The highest BCUT2D eigenvalue weighted by Gasteiger charge is 2.29. The molecule has 7 nitrogen and oxygen atoms in total. The van der Waals surface area contributed by atoms with Gasteiger partial charge in [-0.2, -0.15) is 4.31 Å². The lowest BCUT2D eigenvalue weighted by Crippen LogP contribution is -2.40. The Kier molecular flexibility index (Phi) is 5.41. The molecule has 1 aromatic rings. The van der Waals surface area contributed by atoms with Crippen LogP contribution in [0.25, 0.3) is 0 Å². The zero-order valence-electron chi connectivity index (χ0n) is 12.4. The molecule has 122 valence electrons. The Bertz CT molecular complexity index is 635. The van der Waals surface area contributed by atoms with Crippen LogP contribution in [0.4, 0.5) is 0 Å². The predicted octanol–water partition coefficient (Wildman–Crippen LogP) is 0.715. The van der Waals surface area contributed by atoms with Gasteiger partial charge in [0.2, 0.25) is 21.8 Å². The first-order valence-electron chi connectivity index (χ1n) is 6.73. The van der Waals surface area contributed by atoms with Crippen LogP contribution in [-0.4, -0.2) is 67.6 Å². The van der Waals surface area contributed by atoms with E-state index in [4.69, 9.17) is 4.74 Å². The Hall–Kier alpha value is -1.19. The standard InChI is InChI=1S/C13H18BrN3O4S/c1-16(22(2,19)20)9-13(18)17-6-5-11(8-17)21-12-4-3-10(14)7-15-12/h3-4,7,11H,5-6,8-9H2,1-2H3. The third kappa shape index (κ3) is 4.65. The Morgan fingerprint density at radius 2 is 2.27 bits per heavy atom. The number of rotatable bonds is 5. The van der Waals surface area contributed by atoms with E-state index in [1.165, 1.54) is 7.05 Å². The Morgan fingerprint density at radius 3 is 2.86 bits per heavy atom. The number of amides is 1. The summed E-state index contributed by atoms with van der Waals surface area (Å²) in [6.45, 7) is 0.841. The number of aromatic nitrogens is 1. The monoisotopic (exact) mass is 391 g/mol. The molecule has 2 heterocycles. The predicted molar refractivity (Wildman–Crippen MR) is 85.0 cm³/mol. The summed E-state index contributed by atoms with van der Waals surface area (Å²) in [5.74, 6) is 0.290. The van der Waals surface area contributed by atoms with Crippen LogP contribution in [0.3, 0.4) is 0 Å². The molecule has 1 aromatic heterocycles. The molecule has 1 atom stereocenters. The Balaban J connectivity index is 1.87. The molecular weight excluding hydrogens is 374 g/mol. The van der Waals surface area contributed by atoms with Crippen molar-refractivity contribution >= 4 is 31.9 Å². The van der Waals surface area contributed by atoms with Crippen molar-refractivity contribution in [3.8, 4) is 5.88 Å². The third-order valence-electron chi connectivity index (χ3n) is 3.41. The van der Waals surface area contributed by atoms with E-state index in [1.54, 1.807) is 17.2 Å². The normalized spacial score (nSPS) is 18.7. The smallest absolute Gasteiger partial charge is 0.238 e. The van der Waals surface area contributed by atoms with E-state index in [0.29, 0.717) is 25.4 Å². The maximum atomic E-state index is 12.1. The molecule has 0 radical (unpaired) electrons. The van der Waals surface area contributed by atoms with Gasteiger partial charge < -0.3 is 9.64 Å². The molecule has 0 aliphatic carbocycles. The number of likely N-dealkylation sites (tertiary alicyclic amines) is 1. The fraction of sp³-hybridized carbons (Fsp3) is 0.538. The maximum Gasteiger partial charge on any atom is 0.238 e. The molecule has 1 aliphatic rings. The summed E-state index contributed by atoms with van der Waals surface area (Å²) in [4.78, 5) is 17.8. The van der Waals surface area contributed by atoms with Gasteiger partial charge in [-0.15, -0.1) is 0 Å². The van der Waals surface area contributed by atoms with Crippen molar-refractivity contribution in [1.82, 2.24) is 14.2 Å². The molecule has 1 amide bonds. The molecule has 0 N–H and O–H groups in total. The maximum absolute atomic E-state index is 12.1. The lowest BCUT2D eigenvalue weighted by molar-refractivity contribution is -0.130. The zero-order valence-corrected chi connectivity index (χ0v) is 14.8. The molecule has 0 spiro atoms. The van der Waals surface area contributed by atoms with Crippen LogP contribution in [0.1, 0.15) is 6.42 Å². The lowest BCUT2D eigenvalue weighted by atomic mass is 10.3. The minimum atomic E-state index is -3.35. The van der Waals surface area contributed by atoms with E-state index in [9.17, 15) is 13.2 Å². The summed E-state index contributed by atoms with van der Waals surface area (Å²) in [5.41, 5.74) is 0. The van der Waals surface area contributed by atoms with Crippen molar-refractivity contribution in [2.75, 3.05) is 32.9 Å². The van der Waals surface area contributed by atoms with E-state index < -0.39 is 10.0 Å².